The molecule has 1 N–H and O–H groups in total. The molecule has 1 atom stereocenters. The minimum atomic E-state index is -1.03. The number of hydrogen-bond acceptors (Lipinski definition) is 4. The Hall–Kier alpha value is -2.80. The zero-order valence-electron chi connectivity index (χ0n) is 14.7. The van der Waals surface area contributed by atoms with Crippen LogP contribution in [0.2, 0.25) is 0 Å². The Morgan fingerprint density at radius 1 is 1.30 bits per heavy atom. The van der Waals surface area contributed by atoms with Gasteiger partial charge in [-0.25, -0.2) is 13.8 Å². The molecule has 0 aliphatic carbocycles. The highest BCUT2D eigenvalue weighted by molar-refractivity contribution is 7.11. The van der Waals surface area contributed by atoms with Gasteiger partial charge in [0.25, 0.3) is 0 Å². The molecule has 2 aromatic carbocycles. The third kappa shape index (κ3) is 4.14. The molecule has 1 unspecified atom stereocenters. The molecule has 1 aromatic heterocycles. The number of carboxylic acids is 1. The Kier molecular flexibility index (Phi) is 5.51. The van der Waals surface area contributed by atoms with Gasteiger partial charge in [-0.05, 0) is 48.4 Å². The summed E-state index contributed by atoms with van der Waals surface area (Å²) in [5.41, 5.74) is 0.834. The van der Waals surface area contributed by atoms with Crippen LogP contribution in [0.3, 0.4) is 0 Å². The Balaban J connectivity index is 2.15. The second kappa shape index (κ2) is 7.84. The van der Waals surface area contributed by atoms with Crippen molar-refractivity contribution in [2.45, 2.75) is 19.3 Å². The number of benzene rings is 2. The third-order valence-corrected chi connectivity index (χ3v) is 5.15. The predicted octanol–water partition coefficient (Wildman–Crippen LogP) is 5.01. The van der Waals surface area contributed by atoms with Crippen LogP contribution in [0.15, 0.2) is 42.6 Å². The summed E-state index contributed by atoms with van der Waals surface area (Å²) in [7, 11) is 1.41. The van der Waals surface area contributed by atoms with Crippen LogP contribution in [-0.4, -0.2) is 23.2 Å². The van der Waals surface area contributed by atoms with E-state index in [1.165, 1.54) is 42.7 Å². The van der Waals surface area contributed by atoms with Crippen molar-refractivity contribution >= 4 is 17.3 Å². The Morgan fingerprint density at radius 2 is 2.07 bits per heavy atom. The molecule has 0 aliphatic heterocycles. The number of aliphatic carboxylic acids is 1. The van der Waals surface area contributed by atoms with Crippen LogP contribution < -0.4 is 4.74 Å². The minimum Gasteiger partial charge on any atom is -0.496 e. The van der Waals surface area contributed by atoms with E-state index in [1.807, 2.05) is 6.92 Å². The summed E-state index contributed by atoms with van der Waals surface area (Å²) in [6.07, 6.45) is 1.40. The highest BCUT2D eigenvalue weighted by Gasteiger charge is 2.23. The highest BCUT2D eigenvalue weighted by atomic mass is 32.1. The summed E-state index contributed by atoms with van der Waals surface area (Å²) < 4.78 is 34.0. The normalized spacial score (nSPS) is 12.0. The number of rotatable bonds is 6. The van der Waals surface area contributed by atoms with Crippen LogP contribution >= 0.6 is 11.3 Å². The first-order chi connectivity index (χ1) is 12.9. The lowest BCUT2D eigenvalue weighted by molar-refractivity contribution is -0.137. The van der Waals surface area contributed by atoms with Crippen LogP contribution in [0, 0.1) is 18.6 Å². The van der Waals surface area contributed by atoms with E-state index in [4.69, 9.17) is 4.74 Å². The van der Waals surface area contributed by atoms with Crippen molar-refractivity contribution in [3.63, 3.8) is 0 Å². The zero-order valence-corrected chi connectivity index (χ0v) is 15.5. The van der Waals surface area contributed by atoms with E-state index in [-0.39, 0.29) is 23.3 Å². The Bertz CT molecular complexity index is 987. The summed E-state index contributed by atoms with van der Waals surface area (Å²) in [6.45, 7) is 1.86. The summed E-state index contributed by atoms with van der Waals surface area (Å²) in [6, 6.07) is 8.41. The number of aryl methyl sites for hydroxylation is 1. The molecule has 1 heterocycles. The molecule has 0 saturated carbocycles. The Labute approximate surface area is 159 Å². The van der Waals surface area contributed by atoms with Gasteiger partial charge in [-0.1, -0.05) is 6.07 Å². The molecule has 0 bridgehead atoms. The van der Waals surface area contributed by atoms with Crippen molar-refractivity contribution in [1.29, 1.82) is 0 Å². The number of nitrogens with zero attached hydrogens (tertiary/aromatic N) is 1. The van der Waals surface area contributed by atoms with Crippen molar-refractivity contribution in [2.75, 3.05) is 7.11 Å². The summed E-state index contributed by atoms with van der Waals surface area (Å²) in [4.78, 5) is 16.5. The highest BCUT2D eigenvalue weighted by Crippen LogP contribution is 2.37. The van der Waals surface area contributed by atoms with Gasteiger partial charge in [0, 0.05) is 17.0 Å². The quantitative estimate of drug-likeness (QED) is 0.644. The van der Waals surface area contributed by atoms with Gasteiger partial charge in [-0.15, -0.1) is 11.3 Å². The summed E-state index contributed by atoms with van der Waals surface area (Å²) >= 11 is 1.36. The molecule has 7 heteroatoms. The van der Waals surface area contributed by atoms with Crippen molar-refractivity contribution in [1.82, 2.24) is 4.98 Å². The van der Waals surface area contributed by atoms with Gasteiger partial charge < -0.3 is 9.84 Å². The molecular formula is C20H17F2NO3S. The standard InChI is InChI=1S/C20H17F2NO3S/c1-11-10-23-20(27-11)15(9-18(24)25)12-6-13(8-14(21)7-12)19-16(22)4-3-5-17(19)26-2/h3-8,10,15H,9H2,1-2H3,(H,24,25). The molecule has 27 heavy (non-hydrogen) atoms. The van der Waals surface area contributed by atoms with Crippen LogP contribution in [0.5, 0.6) is 5.75 Å². The van der Waals surface area contributed by atoms with E-state index in [1.54, 1.807) is 18.3 Å². The first-order valence-electron chi connectivity index (χ1n) is 8.16. The fourth-order valence-corrected chi connectivity index (χ4v) is 3.87. The molecule has 140 valence electrons. The average Bonchev–Trinajstić information content (AvgIpc) is 3.04. The maximum absolute atomic E-state index is 14.4. The fourth-order valence-electron chi connectivity index (χ4n) is 2.97. The molecule has 4 nitrogen and oxygen atoms in total. The second-order valence-corrected chi connectivity index (χ2v) is 7.32. The molecule has 0 aliphatic rings. The lowest BCUT2D eigenvalue weighted by atomic mass is 9.92. The van der Waals surface area contributed by atoms with Gasteiger partial charge in [0.1, 0.15) is 22.4 Å². The molecular weight excluding hydrogens is 372 g/mol. The molecule has 0 fully saturated rings. The number of aromatic nitrogens is 1. The number of carboxylic acid groups (broad SMARTS) is 1. The van der Waals surface area contributed by atoms with Crippen molar-refractivity contribution in [3.8, 4) is 16.9 Å². The smallest absolute Gasteiger partial charge is 0.304 e. The van der Waals surface area contributed by atoms with Gasteiger partial charge in [0.15, 0.2) is 0 Å². The maximum atomic E-state index is 14.4. The molecule has 0 radical (unpaired) electrons. The number of hydrogen-bond donors (Lipinski definition) is 1. The number of halogens is 2. The van der Waals surface area contributed by atoms with Gasteiger partial charge in [-0.3, -0.25) is 4.79 Å². The number of ether oxygens (including phenoxy) is 1. The van der Waals surface area contributed by atoms with Crippen molar-refractivity contribution in [3.05, 3.63) is 69.7 Å². The van der Waals surface area contributed by atoms with Crippen LogP contribution in [0.25, 0.3) is 11.1 Å². The average molecular weight is 389 g/mol. The zero-order chi connectivity index (χ0) is 19.6. The van der Waals surface area contributed by atoms with Crippen molar-refractivity contribution in [2.24, 2.45) is 0 Å². The number of methoxy groups -OCH3 is 1. The van der Waals surface area contributed by atoms with Crippen molar-refractivity contribution < 1.29 is 23.4 Å². The SMILES string of the molecule is COc1cccc(F)c1-c1cc(F)cc(C(CC(=O)O)c2ncc(C)s2)c1. The van der Waals surface area contributed by atoms with E-state index in [9.17, 15) is 18.7 Å². The second-order valence-electron chi connectivity index (χ2n) is 6.05. The summed E-state index contributed by atoms with van der Waals surface area (Å²) in [5.74, 6) is -2.52. The number of thiazole rings is 1. The van der Waals surface area contributed by atoms with E-state index in [0.717, 1.165) is 4.88 Å². The van der Waals surface area contributed by atoms with E-state index in [0.29, 0.717) is 10.6 Å². The lowest BCUT2D eigenvalue weighted by Gasteiger charge is -2.16. The van der Waals surface area contributed by atoms with Gasteiger partial charge in [0.05, 0.1) is 19.1 Å². The van der Waals surface area contributed by atoms with E-state index >= 15 is 0 Å². The lowest BCUT2D eigenvalue weighted by Crippen LogP contribution is -2.08. The minimum absolute atomic E-state index is 0.130. The first kappa shape index (κ1) is 19.0. The van der Waals surface area contributed by atoms with Crippen LogP contribution in [0.1, 0.15) is 27.8 Å². The predicted molar refractivity (Wildman–Crippen MR) is 99.3 cm³/mol. The van der Waals surface area contributed by atoms with Gasteiger partial charge in [0.2, 0.25) is 0 Å². The fraction of sp³-hybridized carbons (Fsp3) is 0.200. The molecule has 0 spiro atoms. The summed E-state index contributed by atoms with van der Waals surface area (Å²) in [5, 5.41) is 9.87. The van der Waals surface area contributed by atoms with Gasteiger partial charge >= 0.3 is 5.97 Å². The third-order valence-electron chi connectivity index (χ3n) is 4.12. The molecule has 0 saturated heterocycles. The molecule has 3 rings (SSSR count). The number of carbonyl (C=O) groups is 1. The Morgan fingerprint density at radius 3 is 2.70 bits per heavy atom. The monoisotopic (exact) mass is 389 g/mol. The van der Waals surface area contributed by atoms with Crippen LogP contribution in [0.4, 0.5) is 8.78 Å². The van der Waals surface area contributed by atoms with Gasteiger partial charge in [-0.2, -0.15) is 0 Å². The van der Waals surface area contributed by atoms with E-state index < -0.39 is 23.5 Å². The van der Waals surface area contributed by atoms with E-state index in [2.05, 4.69) is 4.98 Å². The molecule has 3 aromatic rings. The first-order valence-corrected chi connectivity index (χ1v) is 8.98. The topological polar surface area (TPSA) is 59.4 Å². The van der Waals surface area contributed by atoms with Crippen LogP contribution in [-0.2, 0) is 4.79 Å². The molecule has 0 amide bonds. The largest absolute Gasteiger partial charge is 0.496 e. The maximum Gasteiger partial charge on any atom is 0.304 e.